The molecule has 0 aliphatic carbocycles. The molecule has 0 bridgehead atoms. The third-order valence-electron chi connectivity index (χ3n) is 5.01. The van der Waals surface area contributed by atoms with Gasteiger partial charge in [0, 0.05) is 34.1 Å². The van der Waals surface area contributed by atoms with Gasteiger partial charge in [-0.3, -0.25) is 19.2 Å². The van der Waals surface area contributed by atoms with Gasteiger partial charge in [-0.2, -0.15) is 0 Å². The Morgan fingerprint density at radius 1 is 0.892 bits per heavy atom. The molecule has 0 spiro atoms. The topological polar surface area (TPSA) is 158 Å². The second kappa shape index (κ2) is 12.3. The Balaban J connectivity index is 1.98. The molecule has 1 aromatic heterocycles. The summed E-state index contributed by atoms with van der Waals surface area (Å²) in [5, 5.41) is 13.1. The van der Waals surface area contributed by atoms with Gasteiger partial charge in [-0.15, -0.1) is 15.0 Å². The van der Waals surface area contributed by atoms with Gasteiger partial charge in [0.1, 0.15) is 12.7 Å². The standard InChI is InChI=1S/C22H24Cl2N4O9/c1-10(29)33-9-17-19(34-11(2)30)20(35-12(3)31)21(36-13(4)32)22(37-17)28-26-18(25-27-28)8-14-5-6-15(23)16(24)7-14/h5-7,17,19-22H,8-9H2,1-4H3. The lowest BCUT2D eigenvalue weighted by atomic mass is 9.97. The number of hydrogen-bond acceptors (Lipinski definition) is 12. The number of rotatable bonds is 8. The van der Waals surface area contributed by atoms with E-state index in [1.54, 1.807) is 18.2 Å². The van der Waals surface area contributed by atoms with Crippen LogP contribution in [0.25, 0.3) is 0 Å². The Labute approximate surface area is 221 Å². The molecule has 200 valence electrons. The van der Waals surface area contributed by atoms with Crippen LogP contribution in [-0.2, 0) is 49.3 Å². The van der Waals surface area contributed by atoms with Gasteiger partial charge in [-0.05, 0) is 22.9 Å². The second-order valence-corrected chi connectivity index (χ2v) is 8.86. The zero-order valence-corrected chi connectivity index (χ0v) is 21.8. The number of esters is 4. The van der Waals surface area contributed by atoms with E-state index in [4.69, 9.17) is 46.9 Å². The molecule has 1 aromatic carbocycles. The lowest BCUT2D eigenvalue weighted by Crippen LogP contribution is -2.60. The lowest BCUT2D eigenvalue weighted by Gasteiger charge is -2.43. The molecule has 2 aromatic rings. The van der Waals surface area contributed by atoms with Crippen LogP contribution in [-0.4, -0.2) is 75.1 Å². The summed E-state index contributed by atoms with van der Waals surface area (Å²) < 4.78 is 27.2. The monoisotopic (exact) mass is 558 g/mol. The molecule has 13 nitrogen and oxygen atoms in total. The summed E-state index contributed by atoms with van der Waals surface area (Å²) in [6.07, 6.45) is -6.21. The van der Waals surface area contributed by atoms with Gasteiger partial charge >= 0.3 is 23.9 Å². The van der Waals surface area contributed by atoms with Gasteiger partial charge < -0.3 is 23.7 Å². The van der Waals surface area contributed by atoms with Crippen molar-refractivity contribution in [2.75, 3.05) is 6.61 Å². The summed E-state index contributed by atoms with van der Waals surface area (Å²) in [4.78, 5) is 48.2. The SMILES string of the molecule is CC(=O)OCC1OC(n2nnc(Cc3ccc(Cl)c(Cl)c3)n2)C(OC(C)=O)C(OC(C)=O)C1OC(C)=O. The first kappa shape index (κ1) is 28.3. The average molecular weight is 559 g/mol. The minimum absolute atomic E-state index is 0.224. The Hall–Kier alpha value is -3.29. The smallest absolute Gasteiger partial charge is 0.303 e. The van der Waals surface area contributed by atoms with Crippen molar-refractivity contribution >= 4 is 47.1 Å². The highest BCUT2D eigenvalue weighted by atomic mass is 35.5. The molecule has 15 heteroatoms. The number of tetrazole rings is 1. The quantitative estimate of drug-likeness (QED) is 0.342. The third kappa shape index (κ3) is 7.60. The van der Waals surface area contributed by atoms with E-state index in [-0.39, 0.29) is 18.9 Å². The van der Waals surface area contributed by atoms with Gasteiger partial charge in [-0.1, -0.05) is 29.3 Å². The van der Waals surface area contributed by atoms with Crippen LogP contribution in [0.1, 0.15) is 45.3 Å². The van der Waals surface area contributed by atoms with E-state index in [9.17, 15) is 19.2 Å². The molecule has 0 radical (unpaired) electrons. The summed E-state index contributed by atoms with van der Waals surface area (Å²) in [5.41, 5.74) is 0.746. The molecule has 5 atom stereocenters. The fourth-order valence-corrected chi connectivity index (χ4v) is 3.98. The van der Waals surface area contributed by atoms with Crippen molar-refractivity contribution in [2.24, 2.45) is 0 Å². The van der Waals surface area contributed by atoms with Gasteiger partial charge in [0.2, 0.25) is 6.23 Å². The highest BCUT2D eigenvalue weighted by molar-refractivity contribution is 6.42. The Morgan fingerprint density at radius 3 is 2.11 bits per heavy atom. The summed E-state index contributed by atoms with van der Waals surface area (Å²) in [7, 11) is 0. The highest BCUT2D eigenvalue weighted by Gasteiger charge is 2.53. The number of nitrogens with zero attached hydrogens (tertiary/aromatic N) is 4. The van der Waals surface area contributed by atoms with E-state index in [2.05, 4.69) is 15.4 Å². The van der Waals surface area contributed by atoms with Gasteiger partial charge in [0.25, 0.3) is 0 Å². The molecule has 0 saturated carbocycles. The van der Waals surface area contributed by atoms with E-state index in [0.717, 1.165) is 31.1 Å². The van der Waals surface area contributed by atoms with Crippen molar-refractivity contribution in [2.45, 2.75) is 64.8 Å². The molecule has 5 unspecified atom stereocenters. The molecule has 1 fully saturated rings. The molecule has 37 heavy (non-hydrogen) atoms. The Bertz CT molecular complexity index is 1170. The zero-order chi connectivity index (χ0) is 27.3. The van der Waals surface area contributed by atoms with Crippen LogP contribution >= 0.6 is 23.2 Å². The van der Waals surface area contributed by atoms with Gasteiger partial charge in [0.05, 0.1) is 10.0 Å². The average Bonchev–Trinajstić information content (AvgIpc) is 3.25. The van der Waals surface area contributed by atoms with Crippen molar-refractivity contribution in [1.29, 1.82) is 0 Å². The molecular formula is C22H24Cl2N4O9. The zero-order valence-electron chi connectivity index (χ0n) is 20.3. The van der Waals surface area contributed by atoms with Crippen LogP contribution < -0.4 is 0 Å². The summed E-state index contributed by atoms with van der Waals surface area (Å²) in [6, 6.07) is 5.02. The number of halogens is 2. The van der Waals surface area contributed by atoms with E-state index >= 15 is 0 Å². The predicted octanol–water partition coefficient (Wildman–Crippen LogP) is 1.83. The van der Waals surface area contributed by atoms with Crippen LogP contribution in [0.15, 0.2) is 18.2 Å². The number of carbonyl (C=O) groups excluding carboxylic acids is 4. The van der Waals surface area contributed by atoms with E-state index in [0.29, 0.717) is 10.0 Å². The second-order valence-electron chi connectivity index (χ2n) is 8.04. The number of carbonyl (C=O) groups is 4. The number of aromatic nitrogens is 4. The minimum atomic E-state index is -1.36. The first-order chi connectivity index (χ1) is 17.4. The number of benzene rings is 1. The van der Waals surface area contributed by atoms with Crippen molar-refractivity contribution in [3.63, 3.8) is 0 Å². The molecule has 1 aliphatic rings. The summed E-state index contributed by atoms with van der Waals surface area (Å²) >= 11 is 12.0. The number of ether oxygens (including phenoxy) is 5. The lowest BCUT2D eigenvalue weighted by molar-refractivity contribution is -0.272. The first-order valence-corrected chi connectivity index (χ1v) is 11.7. The summed E-state index contributed by atoms with van der Waals surface area (Å²) in [5.74, 6) is -2.60. The molecule has 2 heterocycles. The normalized spacial score (nSPS) is 23.1. The predicted molar refractivity (Wildman–Crippen MR) is 124 cm³/mol. The van der Waals surface area contributed by atoms with E-state index in [1.807, 2.05) is 0 Å². The first-order valence-electron chi connectivity index (χ1n) is 11.0. The number of hydrogen-bond donors (Lipinski definition) is 0. The maximum absolute atomic E-state index is 12.0. The molecule has 3 rings (SSSR count). The van der Waals surface area contributed by atoms with Crippen LogP contribution in [0.2, 0.25) is 10.0 Å². The van der Waals surface area contributed by atoms with Crippen LogP contribution in [0, 0.1) is 0 Å². The van der Waals surface area contributed by atoms with Crippen molar-refractivity contribution in [1.82, 2.24) is 20.2 Å². The Kier molecular flexibility index (Phi) is 9.40. The highest BCUT2D eigenvalue weighted by Crippen LogP contribution is 2.34. The largest absolute Gasteiger partial charge is 0.463 e. The van der Waals surface area contributed by atoms with Gasteiger partial charge in [0.15, 0.2) is 24.1 Å². The molecule has 0 amide bonds. The molecular weight excluding hydrogens is 535 g/mol. The fourth-order valence-electron chi connectivity index (χ4n) is 3.66. The van der Waals surface area contributed by atoms with E-state index < -0.39 is 54.5 Å². The molecule has 1 saturated heterocycles. The van der Waals surface area contributed by atoms with Crippen molar-refractivity contribution < 1.29 is 42.9 Å². The summed E-state index contributed by atoms with van der Waals surface area (Å²) in [6.45, 7) is 4.21. The van der Waals surface area contributed by atoms with Crippen LogP contribution in [0.5, 0.6) is 0 Å². The fraction of sp³-hybridized carbons (Fsp3) is 0.500. The van der Waals surface area contributed by atoms with Crippen LogP contribution in [0.4, 0.5) is 0 Å². The third-order valence-corrected chi connectivity index (χ3v) is 5.75. The maximum Gasteiger partial charge on any atom is 0.303 e. The molecule has 1 aliphatic heterocycles. The van der Waals surface area contributed by atoms with Crippen molar-refractivity contribution in [3.8, 4) is 0 Å². The Morgan fingerprint density at radius 2 is 1.51 bits per heavy atom. The maximum atomic E-state index is 12.0. The minimum Gasteiger partial charge on any atom is -0.463 e. The molecule has 0 N–H and O–H groups in total. The van der Waals surface area contributed by atoms with Crippen molar-refractivity contribution in [3.05, 3.63) is 39.6 Å². The van der Waals surface area contributed by atoms with E-state index in [1.165, 1.54) is 6.92 Å². The van der Waals surface area contributed by atoms with Crippen LogP contribution in [0.3, 0.4) is 0 Å². The van der Waals surface area contributed by atoms with Gasteiger partial charge in [-0.25, -0.2) is 0 Å².